The lowest BCUT2D eigenvalue weighted by Crippen LogP contribution is -2.47. The zero-order chi connectivity index (χ0) is 9.07. The molecule has 11 heavy (non-hydrogen) atoms. The van der Waals surface area contributed by atoms with Crippen LogP contribution in [0.15, 0.2) is 0 Å². The summed E-state index contributed by atoms with van der Waals surface area (Å²) in [5, 5.41) is 1.91. The minimum Gasteiger partial charge on any atom is -0.268 e. The Kier molecular flexibility index (Phi) is 4.04. The highest BCUT2D eigenvalue weighted by Crippen LogP contribution is 2.10. The van der Waals surface area contributed by atoms with Crippen molar-refractivity contribution in [3.05, 3.63) is 0 Å². The van der Waals surface area contributed by atoms with E-state index in [9.17, 15) is 0 Å². The van der Waals surface area contributed by atoms with Gasteiger partial charge in [0.1, 0.15) is 0 Å². The van der Waals surface area contributed by atoms with Gasteiger partial charge in [-0.25, -0.2) is 5.01 Å². The van der Waals surface area contributed by atoms with Gasteiger partial charge < -0.3 is 0 Å². The van der Waals surface area contributed by atoms with Gasteiger partial charge in [-0.1, -0.05) is 13.8 Å². The number of rotatable bonds is 3. The quantitative estimate of drug-likeness (QED) is 0.503. The average molecular weight is 158 g/mol. The summed E-state index contributed by atoms with van der Waals surface area (Å²) in [6, 6.07) is 0. The molecule has 68 valence electrons. The number of hydrogen-bond donors (Lipinski definition) is 1. The van der Waals surface area contributed by atoms with Crippen molar-refractivity contribution in [1.29, 1.82) is 0 Å². The summed E-state index contributed by atoms with van der Waals surface area (Å²) in [6.07, 6.45) is 1.17. The van der Waals surface area contributed by atoms with Crippen LogP contribution < -0.4 is 5.84 Å². The van der Waals surface area contributed by atoms with Crippen LogP contribution in [-0.2, 0) is 0 Å². The molecule has 0 bridgehead atoms. The molecule has 0 heterocycles. The standard InChI is InChI=1S/C9H22N2/c1-8(2)6-7-11(10)9(3,4)5/h8H,6-7,10H2,1-5H3. The van der Waals surface area contributed by atoms with Crippen molar-refractivity contribution in [2.75, 3.05) is 6.54 Å². The molecule has 0 saturated heterocycles. The van der Waals surface area contributed by atoms with Crippen molar-refractivity contribution in [2.24, 2.45) is 11.8 Å². The lowest BCUT2D eigenvalue weighted by Gasteiger charge is -2.31. The molecule has 0 aromatic rings. The first kappa shape index (κ1) is 10.9. The van der Waals surface area contributed by atoms with E-state index in [0.29, 0.717) is 0 Å². The Morgan fingerprint density at radius 2 is 1.73 bits per heavy atom. The summed E-state index contributed by atoms with van der Waals surface area (Å²) < 4.78 is 0. The Hall–Kier alpha value is -0.0800. The maximum Gasteiger partial charge on any atom is 0.0267 e. The van der Waals surface area contributed by atoms with Crippen LogP contribution in [0.5, 0.6) is 0 Å². The van der Waals surface area contributed by atoms with E-state index in [1.54, 1.807) is 0 Å². The minimum atomic E-state index is 0.106. The van der Waals surface area contributed by atoms with E-state index in [-0.39, 0.29) is 5.54 Å². The summed E-state index contributed by atoms with van der Waals surface area (Å²) in [4.78, 5) is 0. The van der Waals surface area contributed by atoms with Crippen LogP contribution in [0.1, 0.15) is 41.0 Å². The van der Waals surface area contributed by atoms with Crippen molar-refractivity contribution >= 4 is 0 Å². The maximum absolute atomic E-state index is 5.83. The van der Waals surface area contributed by atoms with Crippen molar-refractivity contribution in [3.63, 3.8) is 0 Å². The van der Waals surface area contributed by atoms with E-state index in [4.69, 9.17) is 5.84 Å². The van der Waals surface area contributed by atoms with Crippen LogP contribution >= 0.6 is 0 Å². The van der Waals surface area contributed by atoms with Crippen LogP contribution in [0.2, 0.25) is 0 Å². The number of nitrogens with two attached hydrogens (primary N) is 1. The summed E-state index contributed by atoms with van der Waals surface area (Å²) in [6.45, 7) is 11.8. The second kappa shape index (κ2) is 4.07. The summed E-state index contributed by atoms with van der Waals surface area (Å²) >= 11 is 0. The zero-order valence-electron chi connectivity index (χ0n) is 8.52. The van der Waals surface area contributed by atoms with Crippen molar-refractivity contribution < 1.29 is 0 Å². The fourth-order valence-electron chi connectivity index (χ4n) is 0.733. The highest BCUT2D eigenvalue weighted by molar-refractivity contribution is 4.70. The van der Waals surface area contributed by atoms with Gasteiger partial charge in [0.2, 0.25) is 0 Å². The molecule has 0 unspecified atom stereocenters. The first-order valence-corrected chi connectivity index (χ1v) is 4.36. The maximum atomic E-state index is 5.83. The molecule has 2 heteroatoms. The Labute approximate surface area is 70.7 Å². The Bertz CT molecular complexity index is 103. The Balaban J connectivity index is 3.61. The summed E-state index contributed by atoms with van der Waals surface area (Å²) in [5.41, 5.74) is 0.106. The van der Waals surface area contributed by atoms with E-state index >= 15 is 0 Å². The normalized spacial score (nSPS) is 13.1. The third-order valence-electron chi connectivity index (χ3n) is 1.81. The van der Waals surface area contributed by atoms with Gasteiger partial charge >= 0.3 is 0 Å². The van der Waals surface area contributed by atoms with Gasteiger partial charge in [0.25, 0.3) is 0 Å². The van der Waals surface area contributed by atoms with E-state index < -0.39 is 0 Å². The summed E-state index contributed by atoms with van der Waals surface area (Å²) in [7, 11) is 0. The van der Waals surface area contributed by atoms with Crippen molar-refractivity contribution in [1.82, 2.24) is 5.01 Å². The molecule has 2 N–H and O–H groups in total. The smallest absolute Gasteiger partial charge is 0.0267 e. The third kappa shape index (κ3) is 5.22. The lowest BCUT2D eigenvalue weighted by molar-refractivity contribution is 0.131. The number of nitrogens with zero attached hydrogens (tertiary/aromatic N) is 1. The molecule has 0 fully saturated rings. The SMILES string of the molecule is CC(C)CCN(N)C(C)(C)C. The summed E-state index contributed by atoms with van der Waals surface area (Å²) in [5.74, 6) is 6.57. The molecule has 0 saturated carbocycles. The van der Waals surface area contributed by atoms with E-state index in [0.717, 1.165) is 12.5 Å². The molecular weight excluding hydrogens is 136 g/mol. The first-order valence-electron chi connectivity index (χ1n) is 4.36. The van der Waals surface area contributed by atoms with Gasteiger partial charge in [0.15, 0.2) is 0 Å². The van der Waals surface area contributed by atoms with Crippen molar-refractivity contribution in [3.8, 4) is 0 Å². The van der Waals surface area contributed by atoms with Crippen molar-refractivity contribution in [2.45, 2.75) is 46.6 Å². The fourth-order valence-corrected chi connectivity index (χ4v) is 0.733. The molecule has 0 spiro atoms. The first-order chi connectivity index (χ1) is 4.84. The third-order valence-corrected chi connectivity index (χ3v) is 1.81. The average Bonchev–Trinajstić information content (AvgIpc) is 1.80. The van der Waals surface area contributed by atoms with Gasteiger partial charge in [-0.05, 0) is 33.1 Å². The van der Waals surface area contributed by atoms with Gasteiger partial charge in [-0.3, -0.25) is 5.84 Å². The second-order valence-electron chi connectivity index (χ2n) is 4.55. The fraction of sp³-hybridized carbons (Fsp3) is 1.00. The molecule has 0 aliphatic heterocycles. The predicted molar refractivity (Wildman–Crippen MR) is 50.1 cm³/mol. The predicted octanol–water partition coefficient (Wildman–Crippen LogP) is 2.01. The highest BCUT2D eigenvalue weighted by Gasteiger charge is 2.16. The van der Waals surface area contributed by atoms with Gasteiger partial charge in [0.05, 0.1) is 0 Å². The molecule has 0 amide bonds. The van der Waals surface area contributed by atoms with Crippen LogP contribution in [0.25, 0.3) is 0 Å². The molecule has 0 rings (SSSR count). The van der Waals surface area contributed by atoms with E-state index in [1.807, 2.05) is 5.01 Å². The Morgan fingerprint density at radius 1 is 1.27 bits per heavy atom. The molecule has 0 aromatic heterocycles. The minimum absolute atomic E-state index is 0.106. The van der Waals surface area contributed by atoms with Gasteiger partial charge in [0, 0.05) is 12.1 Å². The molecule has 0 radical (unpaired) electrons. The second-order valence-corrected chi connectivity index (χ2v) is 4.55. The van der Waals surface area contributed by atoms with E-state index in [2.05, 4.69) is 34.6 Å². The van der Waals surface area contributed by atoms with E-state index in [1.165, 1.54) is 6.42 Å². The molecule has 0 atom stereocenters. The monoisotopic (exact) mass is 158 g/mol. The van der Waals surface area contributed by atoms with Crippen LogP contribution in [0.4, 0.5) is 0 Å². The Morgan fingerprint density at radius 3 is 2.00 bits per heavy atom. The van der Waals surface area contributed by atoms with Gasteiger partial charge in [-0.15, -0.1) is 0 Å². The topological polar surface area (TPSA) is 29.3 Å². The number of hydrazine groups is 1. The molecule has 0 aliphatic carbocycles. The largest absolute Gasteiger partial charge is 0.268 e. The molecule has 0 aromatic carbocycles. The van der Waals surface area contributed by atoms with Crippen LogP contribution in [0.3, 0.4) is 0 Å². The zero-order valence-corrected chi connectivity index (χ0v) is 8.52. The number of hydrogen-bond acceptors (Lipinski definition) is 2. The molecule has 0 aliphatic rings. The van der Waals surface area contributed by atoms with Crippen LogP contribution in [-0.4, -0.2) is 17.1 Å². The molecule has 2 nitrogen and oxygen atoms in total. The highest BCUT2D eigenvalue weighted by atomic mass is 15.4. The van der Waals surface area contributed by atoms with Crippen LogP contribution in [0, 0.1) is 5.92 Å². The van der Waals surface area contributed by atoms with Gasteiger partial charge in [-0.2, -0.15) is 0 Å². The lowest BCUT2D eigenvalue weighted by atomic mass is 10.1. The molecular formula is C9H22N2.